The number of hydrogen-bond acceptors (Lipinski definition) is 5. The van der Waals surface area contributed by atoms with Crippen LogP contribution in [0.25, 0.3) is 11.0 Å². The first kappa shape index (κ1) is 26.0. The Morgan fingerprint density at radius 1 is 1.16 bits per heavy atom. The van der Waals surface area contributed by atoms with Gasteiger partial charge in [0.25, 0.3) is 0 Å². The molecule has 8 heteroatoms. The van der Waals surface area contributed by atoms with Gasteiger partial charge in [0.2, 0.25) is 0 Å². The number of nitrogens with one attached hydrogen (secondary N) is 1. The number of aliphatic carboxylic acids is 1. The lowest BCUT2D eigenvalue weighted by molar-refractivity contribution is -0.137. The van der Waals surface area contributed by atoms with E-state index in [0.717, 1.165) is 48.1 Å². The van der Waals surface area contributed by atoms with E-state index in [1.54, 1.807) is 7.11 Å². The monoisotopic (exact) mass is 532 g/mol. The van der Waals surface area contributed by atoms with Gasteiger partial charge < -0.3 is 19.7 Å². The molecule has 2 heterocycles. The smallest absolute Gasteiger partial charge is 0.303 e. The third-order valence-corrected chi connectivity index (χ3v) is 7.63. The molecule has 2 aromatic heterocycles. The van der Waals surface area contributed by atoms with E-state index in [9.17, 15) is 4.79 Å². The van der Waals surface area contributed by atoms with Crippen molar-refractivity contribution in [3.63, 3.8) is 0 Å². The largest absolute Gasteiger partial charge is 0.495 e. The van der Waals surface area contributed by atoms with Crippen LogP contribution >= 0.6 is 11.6 Å². The van der Waals surface area contributed by atoms with Gasteiger partial charge in [-0.2, -0.15) is 0 Å². The fourth-order valence-corrected chi connectivity index (χ4v) is 5.72. The zero-order valence-corrected chi connectivity index (χ0v) is 22.6. The van der Waals surface area contributed by atoms with Crippen LogP contribution in [0.1, 0.15) is 66.9 Å². The number of carbonyl (C=O) groups is 1. The van der Waals surface area contributed by atoms with E-state index in [1.165, 1.54) is 16.8 Å². The van der Waals surface area contributed by atoms with Crippen molar-refractivity contribution in [3.05, 3.63) is 81.8 Å². The summed E-state index contributed by atoms with van der Waals surface area (Å²) in [5.41, 5.74) is 5.81. The summed E-state index contributed by atoms with van der Waals surface area (Å²) in [6.45, 7) is 2.76. The fraction of sp³-hybridized carbons (Fsp3) is 0.367. The Bertz CT molecular complexity index is 1450. The van der Waals surface area contributed by atoms with Crippen LogP contribution in [-0.4, -0.2) is 32.7 Å². The molecule has 0 bridgehead atoms. The van der Waals surface area contributed by atoms with Gasteiger partial charge in [-0.3, -0.25) is 4.79 Å². The van der Waals surface area contributed by atoms with E-state index in [1.807, 2.05) is 24.3 Å². The van der Waals surface area contributed by atoms with E-state index in [2.05, 4.69) is 41.1 Å². The Hall–Kier alpha value is -3.58. The highest BCUT2D eigenvalue weighted by Gasteiger charge is 2.27. The summed E-state index contributed by atoms with van der Waals surface area (Å²) < 4.78 is 7.68. The summed E-state index contributed by atoms with van der Waals surface area (Å²) in [7, 11) is 1.60. The van der Waals surface area contributed by atoms with E-state index in [-0.39, 0.29) is 12.5 Å². The van der Waals surface area contributed by atoms with Crippen LogP contribution in [0.3, 0.4) is 0 Å². The normalized spacial score (nSPS) is 13.8. The Labute approximate surface area is 227 Å². The number of rotatable bonds is 10. The molecule has 5 rings (SSSR count). The van der Waals surface area contributed by atoms with Crippen LogP contribution in [-0.2, 0) is 30.6 Å². The Balaban J connectivity index is 1.60. The van der Waals surface area contributed by atoms with E-state index in [0.29, 0.717) is 36.0 Å². The molecule has 0 saturated carbocycles. The molecule has 2 aromatic carbocycles. The molecule has 0 aliphatic heterocycles. The number of halogens is 1. The van der Waals surface area contributed by atoms with E-state index < -0.39 is 5.97 Å². The second-order valence-corrected chi connectivity index (χ2v) is 10.3. The lowest BCUT2D eigenvalue weighted by atomic mass is 9.95. The lowest BCUT2D eigenvalue weighted by Gasteiger charge is -2.21. The maximum atomic E-state index is 11.2. The molecule has 2 N–H and O–H groups in total. The molecule has 0 amide bonds. The number of nitrogens with zero attached hydrogens (tertiary/aromatic N) is 3. The van der Waals surface area contributed by atoms with Crippen LogP contribution in [0.2, 0.25) is 5.02 Å². The second kappa shape index (κ2) is 11.4. The number of carboxylic acid groups (broad SMARTS) is 1. The van der Waals surface area contributed by atoms with Crippen molar-refractivity contribution in [2.45, 2.75) is 64.5 Å². The summed E-state index contributed by atoms with van der Waals surface area (Å²) >= 11 is 6.38. The number of methoxy groups -OCH3 is 1. The molecule has 1 aliphatic rings. The third kappa shape index (κ3) is 5.34. The molecular weight excluding hydrogens is 500 g/mol. The van der Waals surface area contributed by atoms with Crippen molar-refractivity contribution < 1.29 is 14.6 Å². The summed E-state index contributed by atoms with van der Waals surface area (Å²) in [6, 6.07) is 16.4. The van der Waals surface area contributed by atoms with Crippen molar-refractivity contribution in [2.75, 3.05) is 12.4 Å². The quantitative estimate of drug-likeness (QED) is 0.239. The first-order valence-electron chi connectivity index (χ1n) is 13.2. The summed E-state index contributed by atoms with van der Waals surface area (Å²) in [4.78, 5) is 21.2. The van der Waals surface area contributed by atoms with Gasteiger partial charge in [0.15, 0.2) is 0 Å². The number of carboxylic acids is 1. The number of benzene rings is 2. The second-order valence-electron chi connectivity index (χ2n) is 9.85. The molecule has 0 fully saturated rings. The van der Waals surface area contributed by atoms with Gasteiger partial charge in [-0.15, -0.1) is 0 Å². The number of hydrogen-bond donors (Lipinski definition) is 2. The first-order chi connectivity index (χ1) is 18.5. The fourth-order valence-electron chi connectivity index (χ4n) is 5.44. The molecule has 0 radical (unpaired) electrons. The van der Waals surface area contributed by atoms with Crippen molar-refractivity contribution in [3.8, 4) is 5.75 Å². The Kier molecular flexibility index (Phi) is 7.84. The molecule has 4 aromatic rings. The minimum atomic E-state index is -0.808. The molecule has 0 saturated heterocycles. The first-order valence-corrected chi connectivity index (χ1v) is 13.6. The van der Waals surface area contributed by atoms with Crippen molar-refractivity contribution in [2.24, 2.45) is 0 Å². The topological polar surface area (TPSA) is 89.3 Å². The maximum absolute atomic E-state index is 11.2. The molecule has 1 aliphatic carbocycles. The van der Waals surface area contributed by atoms with E-state index >= 15 is 0 Å². The number of ether oxygens (including phenoxy) is 1. The minimum absolute atomic E-state index is 0.0897. The van der Waals surface area contributed by atoms with Gasteiger partial charge in [-0.1, -0.05) is 48.0 Å². The van der Waals surface area contributed by atoms with Gasteiger partial charge in [0.05, 0.1) is 23.6 Å². The molecule has 1 unspecified atom stereocenters. The Morgan fingerprint density at radius 2 is 1.95 bits per heavy atom. The summed E-state index contributed by atoms with van der Waals surface area (Å²) in [5.74, 6) is 1.29. The molecule has 7 nitrogen and oxygen atoms in total. The van der Waals surface area contributed by atoms with Crippen LogP contribution in [0, 0.1) is 0 Å². The average molecular weight is 533 g/mol. The highest BCUT2D eigenvalue weighted by atomic mass is 35.5. The van der Waals surface area contributed by atoms with Crippen LogP contribution in [0.15, 0.2) is 48.5 Å². The average Bonchev–Trinajstić information content (AvgIpc) is 3.26. The molecule has 0 spiro atoms. The maximum Gasteiger partial charge on any atom is 0.303 e. The van der Waals surface area contributed by atoms with Gasteiger partial charge in [0.1, 0.15) is 23.0 Å². The summed E-state index contributed by atoms with van der Waals surface area (Å²) in [5, 5.41) is 14.4. The lowest BCUT2D eigenvalue weighted by Crippen LogP contribution is -2.14. The third-order valence-electron chi connectivity index (χ3n) is 7.33. The SMILES string of the molecule is COc1ccc(CNc2nc(CCCC(=O)O)nc3c2c2c(n3C(C)c3ccccc3)CCCC2)cc1Cl. The predicted molar refractivity (Wildman–Crippen MR) is 150 cm³/mol. The van der Waals surface area contributed by atoms with E-state index in [4.69, 9.17) is 31.4 Å². The van der Waals surface area contributed by atoms with Crippen LogP contribution in [0.5, 0.6) is 5.75 Å². The van der Waals surface area contributed by atoms with Crippen molar-refractivity contribution in [1.82, 2.24) is 14.5 Å². The number of anilines is 1. The number of aryl methyl sites for hydroxylation is 2. The van der Waals surface area contributed by atoms with Gasteiger partial charge in [-0.05, 0) is 67.9 Å². The van der Waals surface area contributed by atoms with Crippen LogP contribution in [0.4, 0.5) is 5.82 Å². The van der Waals surface area contributed by atoms with Gasteiger partial charge >= 0.3 is 5.97 Å². The molecule has 38 heavy (non-hydrogen) atoms. The van der Waals surface area contributed by atoms with Crippen LogP contribution < -0.4 is 10.1 Å². The highest BCUT2D eigenvalue weighted by Crippen LogP contribution is 2.39. The molecule has 1 atom stereocenters. The molecule has 198 valence electrons. The highest BCUT2D eigenvalue weighted by molar-refractivity contribution is 6.32. The molecular formula is C30H33ClN4O3. The van der Waals surface area contributed by atoms with Crippen molar-refractivity contribution in [1.29, 1.82) is 0 Å². The van der Waals surface area contributed by atoms with Gasteiger partial charge in [0, 0.05) is 25.1 Å². The zero-order chi connectivity index (χ0) is 26.6. The van der Waals surface area contributed by atoms with Crippen molar-refractivity contribution >= 4 is 34.4 Å². The standard InChI is InChI=1S/C30H33ClN4O3/c1-19(21-9-4-3-5-10-21)35-24-12-7-6-11-22(24)28-29(32-18-20-15-16-25(38-2)23(31)17-20)33-26(34-30(28)35)13-8-14-27(36)37/h3-5,9-10,15-17,19H,6-8,11-14,18H2,1-2H3,(H,36,37)(H,32,33,34). The number of aromatic nitrogens is 3. The Morgan fingerprint density at radius 3 is 2.68 bits per heavy atom. The zero-order valence-electron chi connectivity index (χ0n) is 21.8. The summed E-state index contributed by atoms with van der Waals surface area (Å²) in [6.07, 6.45) is 5.36. The van der Waals surface area contributed by atoms with Gasteiger partial charge in [-0.25, -0.2) is 9.97 Å². The predicted octanol–water partition coefficient (Wildman–Crippen LogP) is 6.60. The number of fused-ring (bicyclic) bond motifs is 3. The minimum Gasteiger partial charge on any atom is -0.495 e.